The predicted molar refractivity (Wildman–Crippen MR) is 123 cm³/mol. The van der Waals surface area contributed by atoms with Gasteiger partial charge in [0, 0.05) is 41.1 Å². The highest BCUT2D eigenvalue weighted by Crippen LogP contribution is 2.49. The second kappa shape index (κ2) is 8.54. The number of piperidine rings is 1. The van der Waals surface area contributed by atoms with E-state index in [4.69, 9.17) is 4.74 Å². The van der Waals surface area contributed by atoms with E-state index >= 15 is 0 Å². The second-order valence-corrected chi connectivity index (χ2v) is 9.45. The minimum absolute atomic E-state index is 0.0895. The van der Waals surface area contributed by atoms with Crippen LogP contribution in [0.15, 0.2) is 42.5 Å². The maximum Gasteiger partial charge on any atom is 0.323 e. The van der Waals surface area contributed by atoms with Crippen molar-refractivity contribution in [3.8, 4) is 0 Å². The number of benzene rings is 2. The summed E-state index contributed by atoms with van der Waals surface area (Å²) >= 11 is 0. The van der Waals surface area contributed by atoms with Gasteiger partial charge < -0.3 is 15.0 Å². The molecule has 0 unspecified atom stereocenters. The first kappa shape index (κ1) is 22.0. The lowest BCUT2D eigenvalue weighted by atomic mass is 9.79. The Labute approximate surface area is 192 Å². The molecular formula is C26H29F2N3O2. The molecule has 3 aromatic rings. The van der Waals surface area contributed by atoms with Gasteiger partial charge in [-0.3, -0.25) is 9.69 Å². The van der Waals surface area contributed by atoms with Crippen LogP contribution in [0.3, 0.4) is 0 Å². The van der Waals surface area contributed by atoms with Crippen LogP contribution >= 0.6 is 0 Å². The van der Waals surface area contributed by atoms with Gasteiger partial charge in [0.15, 0.2) is 11.6 Å². The number of hydrogen-bond acceptors (Lipinski definition) is 4. The van der Waals surface area contributed by atoms with Gasteiger partial charge in [-0.05, 0) is 42.2 Å². The first-order valence-corrected chi connectivity index (χ1v) is 11.5. The number of esters is 1. The number of carbonyl (C=O) groups is 1. The molecule has 0 aliphatic carbocycles. The van der Waals surface area contributed by atoms with E-state index in [-0.39, 0.29) is 30.1 Å². The number of rotatable bonds is 4. The van der Waals surface area contributed by atoms with Crippen LogP contribution in [-0.4, -0.2) is 41.1 Å². The van der Waals surface area contributed by atoms with Gasteiger partial charge in [-0.25, -0.2) is 8.78 Å². The highest BCUT2D eigenvalue weighted by atomic mass is 19.2. The van der Waals surface area contributed by atoms with Crippen LogP contribution < -0.4 is 5.32 Å². The summed E-state index contributed by atoms with van der Waals surface area (Å²) in [6.07, 6.45) is 1.99. The number of para-hydroxylation sites is 1. The van der Waals surface area contributed by atoms with Crippen LogP contribution in [0.25, 0.3) is 10.9 Å². The number of halogens is 2. The average Bonchev–Trinajstić information content (AvgIpc) is 3.18. The molecule has 4 atom stereocenters. The molecule has 0 radical (unpaired) electrons. The molecule has 174 valence electrons. The summed E-state index contributed by atoms with van der Waals surface area (Å²) in [7, 11) is 1.40. The molecule has 33 heavy (non-hydrogen) atoms. The summed E-state index contributed by atoms with van der Waals surface area (Å²) in [4.78, 5) is 18.8. The molecule has 5 rings (SSSR count). The lowest BCUT2D eigenvalue weighted by molar-refractivity contribution is -0.152. The molecule has 0 amide bonds. The Morgan fingerprint density at radius 1 is 1.12 bits per heavy atom. The Morgan fingerprint density at radius 2 is 1.88 bits per heavy atom. The van der Waals surface area contributed by atoms with Crippen molar-refractivity contribution in [1.29, 1.82) is 0 Å². The van der Waals surface area contributed by atoms with Gasteiger partial charge in [-0.1, -0.05) is 38.1 Å². The number of hydrogen-bond donors (Lipinski definition) is 2. The third-order valence-corrected chi connectivity index (χ3v) is 7.04. The fourth-order valence-electron chi connectivity index (χ4n) is 5.80. The van der Waals surface area contributed by atoms with Crippen molar-refractivity contribution in [1.82, 2.24) is 15.2 Å². The summed E-state index contributed by atoms with van der Waals surface area (Å²) in [5.74, 6) is -2.05. The molecule has 2 aliphatic heterocycles. The Kier molecular flexibility index (Phi) is 5.70. The molecule has 1 fully saturated rings. The van der Waals surface area contributed by atoms with Crippen LogP contribution in [0.1, 0.15) is 55.6 Å². The molecule has 2 aromatic carbocycles. The van der Waals surface area contributed by atoms with Crippen LogP contribution in [-0.2, 0) is 16.0 Å². The smallest absolute Gasteiger partial charge is 0.323 e. The third kappa shape index (κ3) is 3.83. The minimum Gasteiger partial charge on any atom is -0.468 e. The first-order chi connectivity index (χ1) is 15.9. The third-order valence-electron chi connectivity index (χ3n) is 7.04. The van der Waals surface area contributed by atoms with Crippen LogP contribution in [0, 0.1) is 11.6 Å². The van der Waals surface area contributed by atoms with Gasteiger partial charge >= 0.3 is 5.97 Å². The Balaban J connectivity index is 1.67. The molecule has 1 aromatic heterocycles. The van der Waals surface area contributed by atoms with E-state index in [2.05, 4.69) is 35.1 Å². The number of aromatic amines is 1. The molecular weight excluding hydrogens is 424 g/mol. The Morgan fingerprint density at radius 3 is 2.61 bits per heavy atom. The van der Waals surface area contributed by atoms with Crippen LogP contribution in [0.2, 0.25) is 0 Å². The van der Waals surface area contributed by atoms with Gasteiger partial charge in [0.1, 0.15) is 6.04 Å². The number of nitrogens with one attached hydrogen (secondary N) is 2. The average molecular weight is 454 g/mol. The lowest BCUT2D eigenvalue weighted by Crippen LogP contribution is -2.56. The van der Waals surface area contributed by atoms with Crippen molar-refractivity contribution in [3.05, 3.63) is 70.9 Å². The summed E-state index contributed by atoms with van der Waals surface area (Å²) < 4.78 is 33.2. The highest BCUT2D eigenvalue weighted by molar-refractivity contribution is 5.87. The quantitative estimate of drug-likeness (QED) is 0.558. The van der Waals surface area contributed by atoms with E-state index in [0.717, 1.165) is 28.6 Å². The van der Waals surface area contributed by atoms with Crippen molar-refractivity contribution in [2.24, 2.45) is 0 Å². The van der Waals surface area contributed by atoms with Gasteiger partial charge in [0.05, 0.1) is 13.2 Å². The van der Waals surface area contributed by atoms with E-state index in [9.17, 15) is 13.6 Å². The number of aromatic nitrogens is 1. The summed E-state index contributed by atoms with van der Waals surface area (Å²) in [5, 5.41) is 4.75. The normalized spacial score (nSPS) is 25.2. The standard InChI is InChI=1S/C26H29F2N3O2/c1-14(2)29-16-11-22(15-8-9-19(27)20(28)10-15)31-23(12-16)25-18(13-24(31)26(32)33-3)17-6-4-5-7-21(17)30-25/h4-10,14,16,22-24,29-30H,11-13H2,1-3H3/t16-,22+,23-,24+/m1/s1. The van der Waals surface area contributed by atoms with Gasteiger partial charge in [0.2, 0.25) is 0 Å². The summed E-state index contributed by atoms with van der Waals surface area (Å²) in [6, 6.07) is 11.8. The van der Waals surface area contributed by atoms with E-state index in [1.165, 1.54) is 19.2 Å². The minimum atomic E-state index is -0.874. The van der Waals surface area contributed by atoms with Crippen LogP contribution in [0.4, 0.5) is 8.78 Å². The fourth-order valence-corrected chi connectivity index (χ4v) is 5.80. The number of nitrogens with zero attached hydrogens (tertiary/aromatic N) is 1. The van der Waals surface area contributed by atoms with Gasteiger partial charge in [-0.2, -0.15) is 0 Å². The van der Waals surface area contributed by atoms with Crippen molar-refractivity contribution in [3.63, 3.8) is 0 Å². The molecule has 3 heterocycles. The Hall–Kier alpha value is -2.77. The monoisotopic (exact) mass is 453 g/mol. The second-order valence-electron chi connectivity index (χ2n) is 9.45. The highest BCUT2D eigenvalue weighted by Gasteiger charge is 2.48. The van der Waals surface area contributed by atoms with E-state index in [1.54, 1.807) is 6.07 Å². The summed E-state index contributed by atoms with van der Waals surface area (Å²) in [6.45, 7) is 4.21. The maximum absolute atomic E-state index is 14.3. The summed E-state index contributed by atoms with van der Waals surface area (Å²) in [5.41, 5.74) is 3.94. The number of H-pyrrole nitrogens is 1. The van der Waals surface area contributed by atoms with Gasteiger partial charge in [-0.15, -0.1) is 0 Å². The predicted octanol–water partition coefficient (Wildman–Crippen LogP) is 4.79. The lowest BCUT2D eigenvalue weighted by Gasteiger charge is -2.51. The molecule has 0 spiro atoms. The van der Waals surface area contributed by atoms with Crippen molar-refractivity contribution >= 4 is 16.9 Å². The maximum atomic E-state index is 14.3. The number of ether oxygens (including phenoxy) is 1. The van der Waals surface area contributed by atoms with Crippen molar-refractivity contribution < 1.29 is 18.3 Å². The molecule has 5 nitrogen and oxygen atoms in total. The van der Waals surface area contributed by atoms with E-state index in [1.807, 2.05) is 18.2 Å². The molecule has 1 saturated heterocycles. The first-order valence-electron chi connectivity index (χ1n) is 11.5. The molecule has 7 heteroatoms. The largest absolute Gasteiger partial charge is 0.468 e. The zero-order chi connectivity index (χ0) is 23.3. The zero-order valence-electron chi connectivity index (χ0n) is 19.1. The SMILES string of the molecule is COC(=O)[C@@H]1Cc2c([nH]c3ccccc23)[C@H]2C[C@H](NC(C)C)C[C@@H](c3ccc(F)c(F)c3)N21. The number of carbonyl (C=O) groups excluding carboxylic acids is 1. The molecule has 2 aliphatic rings. The van der Waals surface area contributed by atoms with Crippen molar-refractivity contribution in [2.45, 2.75) is 63.3 Å². The number of methoxy groups -OCH3 is 1. The van der Waals surface area contributed by atoms with E-state index < -0.39 is 17.7 Å². The molecule has 0 bridgehead atoms. The Bertz CT molecular complexity index is 1190. The molecule has 0 saturated carbocycles. The van der Waals surface area contributed by atoms with Crippen molar-refractivity contribution in [2.75, 3.05) is 7.11 Å². The van der Waals surface area contributed by atoms with Gasteiger partial charge in [0.25, 0.3) is 0 Å². The van der Waals surface area contributed by atoms with E-state index in [0.29, 0.717) is 18.4 Å². The zero-order valence-corrected chi connectivity index (χ0v) is 19.1. The van der Waals surface area contributed by atoms with Crippen LogP contribution in [0.5, 0.6) is 0 Å². The fraction of sp³-hybridized carbons (Fsp3) is 0.423. The number of fused-ring (bicyclic) bond motifs is 5. The molecule has 2 N–H and O–H groups in total. The topological polar surface area (TPSA) is 57.4 Å².